The number of nitrogens with zero attached hydrogens (tertiary/aromatic N) is 2. The Bertz CT molecular complexity index is 343. The molecule has 0 amide bonds. The molecular weight excluding hydrogens is 252 g/mol. The highest BCUT2D eigenvalue weighted by molar-refractivity contribution is 7.86. The van der Waals surface area contributed by atoms with Crippen LogP contribution in [0.25, 0.3) is 0 Å². The first-order valence-electron chi connectivity index (χ1n) is 6.80. The molecular formula is C12H26N2O3S. The molecule has 18 heavy (non-hydrogen) atoms. The van der Waals surface area contributed by atoms with E-state index in [-0.39, 0.29) is 18.7 Å². The van der Waals surface area contributed by atoms with Crippen LogP contribution in [0.2, 0.25) is 0 Å². The Balaban J connectivity index is 2.86. The lowest BCUT2D eigenvalue weighted by Gasteiger charge is -2.37. The summed E-state index contributed by atoms with van der Waals surface area (Å²) in [6.07, 6.45) is 3.46. The standard InChI is InChI=1S/C12H26N2O3S/c1-11(2)13(9-6-10-15)18(16,17)14-8-5-4-7-12(14)3/h11-12,15H,4-10H2,1-3H3. The van der Waals surface area contributed by atoms with E-state index in [1.165, 1.54) is 4.31 Å². The van der Waals surface area contributed by atoms with Gasteiger partial charge >= 0.3 is 0 Å². The topological polar surface area (TPSA) is 60.9 Å². The van der Waals surface area contributed by atoms with Crippen molar-refractivity contribution in [3.05, 3.63) is 0 Å². The zero-order valence-electron chi connectivity index (χ0n) is 11.7. The lowest BCUT2D eigenvalue weighted by Crippen LogP contribution is -2.52. The predicted molar refractivity (Wildman–Crippen MR) is 72.5 cm³/mol. The first kappa shape index (κ1) is 15.9. The normalized spacial score (nSPS) is 22.9. The van der Waals surface area contributed by atoms with Gasteiger partial charge in [-0.15, -0.1) is 0 Å². The quantitative estimate of drug-likeness (QED) is 0.794. The Morgan fingerprint density at radius 1 is 1.39 bits per heavy atom. The summed E-state index contributed by atoms with van der Waals surface area (Å²) in [5, 5.41) is 8.89. The van der Waals surface area contributed by atoms with E-state index in [1.807, 2.05) is 20.8 Å². The van der Waals surface area contributed by atoms with Gasteiger partial charge in [-0.25, -0.2) is 0 Å². The van der Waals surface area contributed by atoms with Crippen molar-refractivity contribution in [3.63, 3.8) is 0 Å². The zero-order valence-corrected chi connectivity index (χ0v) is 12.5. The lowest BCUT2D eigenvalue weighted by atomic mass is 10.1. The monoisotopic (exact) mass is 278 g/mol. The van der Waals surface area contributed by atoms with E-state index in [0.717, 1.165) is 19.3 Å². The molecule has 1 N–H and O–H groups in total. The van der Waals surface area contributed by atoms with Gasteiger partial charge in [0, 0.05) is 31.8 Å². The SMILES string of the molecule is CC(C)N(CCCO)S(=O)(=O)N1CCCCC1C. The van der Waals surface area contributed by atoms with Gasteiger partial charge in [-0.1, -0.05) is 6.42 Å². The molecule has 0 spiro atoms. The second kappa shape index (κ2) is 6.84. The van der Waals surface area contributed by atoms with Gasteiger partial charge in [-0.3, -0.25) is 0 Å². The fourth-order valence-corrected chi connectivity index (χ4v) is 4.50. The number of rotatable bonds is 6. The highest BCUT2D eigenvalue weighted by Gasteiger charge is 2.35. The van der Waals surface area contributed by atoms with Crippen molar-refractivity contribution < 1.29 is 13.5 Å². The highest BCUT2D eigenvalue weighted by atomic mass is 32.2. The van der Waals surface area contributed by atoms with E-state index in [4.69, 9.17) is 5.11 Å². The molecule has 1 fully saturated rings. The van der Waals surface area contributed by atoms with Crippen LogP contribution in [0.15, 0.2) is 0 Å². The molecule has 1 rings (SSSR count). The molecule has 1 saturated heterocycles. The minimum Gasteiger partial charge on any atom is -0.396 e. The number of hydrogen-bond acceptors (Lipinski definition) is 3. The van der Waals surface area contributed by atoms with Gasteiger partial charge in [0.1, 0.15) is 0 Å². The summed E-state index contributed by atoms with van der Waals surface area (Å²) < 4.78 is 28.4. The van der Waals surface area contributed by atoms with Crippen LogP contribution in [0.1, 0.15) is 46.5 Å². The first-order valence-corrected chi connectivity index (χ1v) is 8.20. The largest absolute Gasteiger partial charge is 0.396 e. The Kier molecular flexibility index (Phi) is 6.04. The van der Waals surface area contributed by atoms with Crippen LogP contribution < -0.4 is 0 Å². The van der Waals surface area contributed by atoms with E-state index in [1.54, 1.807) is 4.31 Å². The van der Waals surface area contributed by atoms with Gasteiger partial charge in [-0.2, -0.15) is 17.0 Å². The third-order valence-electron chi connectivity index (χ3n) is 3.45. The summed E-state index contributed by atoms with van der Waals surface area (Å²) in [4.78, 5) is 0. The van der Waals surface area contributed by atoms with Crippen molar-refractivity contribution >= 4 is 10.2 Å². The van der Waals surface area contributed by atoms with Crippen LogP contribution in [0.4, 0.5) is 0 Å². The lowest BCUT2D eigenvalue weighted by molar-refractivity contribution is 0.220. The van der Waals surface area contributed by atoms with Crippen LogP contribution in [-0.4, -0.2) is 53.9 Å². The number of aliphatic hydroxyl groups excluding tert-OH is 1. The van der Waals surface area contributed by atoms with Crippen molar-refractivity contribution in [1.29, 1.82) is 0 Å². The van der Waals surface area contributed by atoms with E-state index >= 15 is 0 Å². The summed E-state index contributed by atoms with van der Waals surface area (Å²) in [7, 11) is -3.39. The average molecular weight is 278 g/mol. The molecule has 0 aliphatic carbocycles. The molecule has 0 aromatic carbocycles. The van der Waals surface area contributed by atoms with Gasteiger partial charge < -0.3 is 5.11 Å². The van der Waals surface area contributed by atoms with Crippen molar-refractivity contribution in [2.45, 2.75) is 58.5 Å². The molecule has 0 aromatic rings. The van der Waals surface area contributed by atoms with Gasteiger partial charge in [0.05, 0.1) is 0 Å². The highest BCUT2D eigenvalue weighted by Crippen LogP contribution is 2.23. The van der Waals surface area contributed by atoms with Gasteiger partial charge in [0.25, 0.3) is 10.2 Å². The molecule has 0 saturated carbocycles. The second-order valence-corrected chi connectivity index (χ2v) is 7.08. The molecule has 0 aromatic heterocycles. The van der Waals surface area contributed by atoms with Crippen LogP contribution in [0.3, 0.4) is 0 Å². The average Bonchev–Trinajstić information content (AvgIpc) is 2.29. The van der Waals surface area contributed by atoms with E-state index in [9.17, 15) is 8.42 Å². The minimum atomic E-state index is -3.39. The molecule has 5 nitrogen and oxygen atoms in total. The maximum Gasteiger partial charge on any atom is 0.282 e. The summed E-state index contributed by atoms with van der Waals surface area (Å²) in [6, 6.07) is 0.00908. The molecule has 0 bridgehead atoms. The van der Waals surface area contributed by atoms with E-state index < -0.39 is 10.2 Å². The second-order valence-electron chi connectivity index (χ2n) is 5.24. The molecule has 6 heteroatoms. The zero-order chi connectivity index (χ0) is 13.8. The molecule has 1 unspecified atom stereocenters. The van der Waals surface area contributed by atoms with Crippen molar-refractivity contribution in [1.82, 2.24) is 8.61 Å². The van der Waals surface area contributed by atoms with Gasteiger partial charge in [-0.05, 0) is 40.0 Å². The number of piperidine rings is 1. The van der Waals surface area contributed by atoms with Crippen molar-refractivity contribution in [2.24, 2.45) is 0 Å². The van der Waals surface area contributed by atoms with Crippen LogP contribution in [0.5, 0.6) is 0 Å². The Labute approximate surface area is 111 Å². The van der Waals surface area contributed by atoms with Crippen molar-refractivity contribution in [3.8, 4) is 0 Å². The molecule has 108 valence electrons. The summed E-state index contributed by atoms with van der Waals surface area (Å²) >= 11 is 0. The smallest absolute Gasteiger partial charge is 0.282 e. The fraction of sp³-hybridized carbons (Fsp3) is 1.00. The fourth-order valence-electron chi connectivity index (χ4n) is 2.42. The Morgan fingerprint density at radius 3 is 2.56 bits per heavy atom. The minimum absolute atomic E-state index is 0.0221. The molecule has 1 aliphatic heterocycles. The Hall–Kier alpha value is -0.170. The number of aliphatic hydroxyl groups is 1. The van der Waals surface area contributed by atoms with Gasteiger partial charge in [0.15, 0.2) is 0 Å². The first-order chi connectivity index (χ1) is 8.41. The third kappa shape index (κ3) is 3.66. The molecule has 1 aliphatic rings. The van der Waals surface area contributed by atoms with E-state index in [0.29, 0.717) is 19.5 Å². The van der Waals surface area contributed by atoms with Crippen LogP contribution >= 0.6 is 0 Å². The summed E-state index contributed by atoms with van der Waals surface area (Å²) in [5.41, 5.74) is 0. The van der Waals surface area contributed by atoms with Crippen molar-refractivity contribution in [2.75, 3.05) is 19.7 Å². The summed E-state index contributed by atoms with van der Waals surface area (Å²) in [5.74, 6) is 0. The van der Waals surface area contributed by atoms with Gasteiger partial charge in [0.2, 0.25) is 0 Å². The molecule has 1 heterocycles. The van der Waals surface area contributed by atoms with E-state index in [2.05, 4.69) is 0 Å². The van der Waals surface area contributed by atoms with Crippen LogP contribution in [0, 0.1) is 0 Å². The Morgan fingerprint density at radius 2 is 2.06 bits per heavy atom. The molecule has 1 atom stereocenters. The van der Waals surface area contributed by atoms with Crippen LogP contribution in [-0.2, 0) is 10.2 Å². The predicted octanol–water partition coefficient (Wildman–Crippen LogP) is 1.20. The number of hydrogen-bond donors (Lipinski definition) is 1. The maximum absolute atomic E-state index is 12.6. The third-order valence-corrected chi connectivity index (χ3v) is 5.78. The summed E-state index contributed by atoms with van der Waals surface area (Å²) in [6.45, 7) is 6.76. The maximum atomic E-state index is 12.6. The molecule has 0 radical (unpaired) electrons.